The van der Waals surface area contributed by atoms with Crippen molar-refractivity contribution in [2.45, 2.75) is 70.8 Å². The maximum atomic E-state index is 5.90. The van der Waals surface area contributed by atoms with E-state index in [4.69, 9.17) is 22.1 Å². The summed E-state index contributed by atoms with van der Waals surface area (Å²) >= 11 is 5.82. The number of aromatic nitrogens is 3. The Balaban J connectivity index is 1.56. The fraction of sp³-hybridized carbons (Fsp3) is 0.619. The van der Waals surface area contributed by atoms with E-state index in [0.29, 0.717) is 24.7 Å². The summed E-state index contributed by atoms with van der Waals surface area (Å²) in [5, 5.41) is 4.92. The molecule has 0 unspecified atom stereocenters. The first-order chi connectivity index (χ1) is 13.1. The molecule has 2 heterocycles. The van der Waals surface area contributed by atoms with Gasteiger partial charge in [0.1, 0.15) is 5.82 Å². The van der Waals surface area contributed by atoms with Crippen LogP contribution in [0.15, 0.2) is 30.3 Å². The van der Waals surface area contributed by atoms with Crippen LogP contribution in [-0.2, 0) is 18.0 Å². The maximum absolute atomic E-state index is 5.90. The molecule has 6 heteroatoms. The highest BCUT2D eigenvalue weighted by Crippen LogP contribution is 2.37. The molecule has 1 aliphatic carbocycles. The Hall–Kier alpha value is -1.50. The van der Waals surface area contributed by atoms with E-state index in [2.05, 4.69) is 53.6 Å². The molecule has 4 rings (SSSR count). The van der Waals surface area contributed by atoms with Gasteiger partial charge in [-0.1, -0.05) is 44.2 Å². The zero-order valence-corrected chi connectivity index (χ0v) is 17.2. The molecule has 1 saturated heterocycles. The molecule has 2 aliphatic rings. The zero-order valence-electron chi connectivity index (χ0n) is 16.4. The van der Waals surface area contributed by atoms with Crippen LogP contribution in [0.3, 0.4) is 0 Å². The van der Waals surface area contributed by atoms with Gasteiger partial charge in [-0.3, -0.25) is 4.90 Å². The van der Waals surface area contributed by atoms with Crippen LogP contribution in [0.2, 0.25) is 0 Å². The van der Waals surface area contributed by atoms with Gasteiger partial charge in [-0.15, -0.1) is 0 Å². The summed E-state index contributed by atoms with van der Waals surface area (Å²) in [4.78, 5) is 2.43. The lowest BCUT2D eigenvalue weighted by atomic mass is 10.2. The second kappa shape index (κ2) is 8.25. The average molecular weight is 387 g/mol. The minimum absolute atomic E-state index is 0.318. The van der Waals surface area contributed by atoms with E-state index in [-0.39, 0.29) is 0 Å². The van der Waals surface area contributed by atoms with Gasteiger partial charge in [0.2, 0.25) is 0 Å². The van der Waals surface area contributed by atoms with Crippen molar-refractivity contribution in [2.24, 2.45) is 0 Å². The van der Waals surface area contributed by atoms with Crippen molar-refractivity contribution >= 4 is 12.2 Å². The van der Waals surface area contributed by atoms with Gasteiger partial charge >= 0.3 is 0 Å². The molecule has 1 saturated carbocycles. The van der Waals surface area contributed by atoms with Crippen LogP contribution < -0.4 is 0 Å². The van der Waals surface area contributed by atoms with Crippen LogP contribution >= 0.6 is 12.2 Å². The zero-order chi connectivity index (χ0) is 18.8. The molecule has 1 aromatic heterocycles. The van der Waals surface area contributed by atoms with Crippen LogP contribution in [-0.4, -0.2) is 38.5 Å². The molecule has 1 atom stereocenters. The van der Waals surface area contributed by atoms with Gasteiger partial charge in [-0.25, -0.2) is 4.68 Å². The van der Waals surface area contributed by atoms with E-state index in [9.17, 15) is 0 Å². The van der Waals surface area contributed by atoms with Crippen molar-refractivity contribution in [3.8, 4) is 0 Å². The third kappa shape index (κ3) is 4.50. The minimum Gasteiger partial charge on any atom is -0.377 e. The molecule has 1 aliphatic heterocycles. The average Bonchev–Trinajstić information content (AvgIpc) is 3.26. The lowest BCUT2D eigenvalue weighted by Crippen LogP contribution is -2.34. The van der Waals surface area contributed by atoms with Gasteiger partial charge in [-0.05, 0) is 43.5 Å². The van der Waals surface area contributed by atoms with Crippen LogP contribution in [0.4, 0.5) is 0 Å². The molecule has 0 bridgehead atoms. The van der Waals surface area contributed by atoms with Crippen molar-refractivity contribution in [3.63, 3.8) is 0 Å². The normalized spacial score (nSPS) is 20.1. The fourth-order valence-electron chi connectivity index (χ4n) is 3.88. The van der Waals surface area contributed by atoms with Gasteiger partial charge in [0, 0.05) is 31.7 Å². The molecule has 0 N–H and O–H groups in total. The van der Waals surface area contributed by atoms with E-state index in [1.165, 1.54) is 18.4 Å². The number of ether oxygens (including phenoxy) is 1. The van der Waals surface area contributed by atoms with Crippen LogP contribution in [0, 0.1) is 4.77 Å². The molecule has 5 nitrogen and oxygen atoms in total. The second-order valence-electron chi connectivity index (χ2n) is 8.17. The van der Waals surface area contributed by atoms with E-state index >= 15 is 0 Å². The Kier molecular flexibility index (Phi) is 5.76. The van der Waals surface area contributed by atoms with E-state index < -0.39 is 0 Å². The first-order valence-electron chi connectivity index (χ1n) is 10.2. The molecule has 0 amide bonds. The number of hydrogen-bond acceptors (Lipinski definition) is 4. The van der Waals surface area contributed by atoms with Crippen molar-refractivity contribution in [1.29, 1.82) is 0 Å². The lowest BCUT2D eigenvalue weighted by molar-refractivity contribution is 0.0566. The van der Waals surface area contributed by atoms with Gasteiger partial charge < -0.3 is 9.30 Å². The quantitative estimate of drug-likeness (QED) is 0.625. The summed E-state index contributed by atoms with van der Waals surface area (Å²) in [6.45, 7) is 7.81. The summed E-state index contributed by atoms with van der Waals surface area (Å²) in [6, 6.07) is 11.2. The summed E-state index contributed by atoms with van der Waals surface area (Å²) in [5.41, 5.74) is 1.31. The topological polar surface area (TPSA) is 35.2 Å². The summed E-state index contributed by atoms with van der Waals surface area (Å²) in [5.74, 6) is 1.51. The Bertz CT molecular complexity index is 803. The van der Waals surface area contributed by atoms with Crippen molar-refractivity contribution < 1.29 is 4.74 Å². The van der Waals surface area contributed by atoms with E-state index in [1.54, 1.807) is 0 Å². The van der Waals surface area contributed by atoms with Crippen LogP contribution in [0.5, 0.6) is 0 Å². The van der Waals surface area contributed by atoms with Crippen LogP contribution in [0.25, 0.3) is 0 Å². The first kappa shape index (κ1) is 18.8. The highest BCUT2D eigenvalue weighted by molar-refractivity contribution is 7.71. The summed E-state index contributed by atoms with van der Waals surface area (Å²) in [6.07, 6.45) is 5.08. The third-order valence-electron chi connectivity index (χ3n) is 5.39. The van der Waals surface area contributed by atoms with Crippen LogP contribution in [0.1, 0.15) is 62.9 Å². The molecule has 0 radical (unpaired) electrons. The highest BCUT2D eigenvalue weighted by atomic mass is 32.1. The van der Waals surface area contributed by atoms with E-state index in [1.807, 2.05) is 4.68 Å². The molecule has 27 heavy (non-hydrogen) atoms. The number of nitrogens with zero attached hydrogens (tertiary/aromatic N) is 4. The van der Waals surface area contributed by atoms with Gasteiger partial charge in [-0.2, -0.15) is 5.10 Å². The molecular weight excluding hydrogens is 356 g/mol. The second-order valence-corrected chi connectivity index (χ2v) is 8.53. The Morgan fingerprint density at radius 3 is 2.63 bits per heavy atom. The first-order valence-corrected chi connectivity index (χ1v) is 10.6. The van der Waals surface area contributed by atoms with Crippen molar-refractivity contribution in [2.75, 3.05) is 13.2 Å². The molecule has 2 aromatic rings. The van der Waals surface area contributed by atoms with Crippen molar-refractivity contribution in [1.82, 2.24) is 19.2 Å². The minimum atomic E-state index is 0.318. The Morgan fingerprint density at radius 1 is 1.22 bits per heavy atom. The predicted molar refractivity (Wildman–Crippen MR) is 109 cm³/mol. The third-order valence-corrected chi connectivity index (χ3v) is 5.80. The number of rotatable bonds is 8. The molecule has 146 valence electrons. The molecule has 1 aromatic carbocycles. The van der Waals surface area contributed by atoms with Gasteiger partial charge in [0.25, 0.3) is 0 Å². The largest absolute Gasteiger partial charge is 0.377 e. The summed E-state index contributed by atoms with van der Waals surface area (Å²) < 4.78 is 11.1. The SMILES string of the molecule is CC(C)c1nn(CN(Cc2ccccc2)C[C@H]2CCCO2)c(=S)n1C1CC1. The molecule has 2 fully saturated rings. The maximum Gasteiger partial charge on any atom is 0.199 e. The Morgan fingerprint density at radius 2 is 2.00 bits per heavy atom. The Labute approximate surface area is 166 Å². The fourth-order valence-corrected chi connectivity index (χ4v) is 4.22. The van der Waals surface area contributed by atoms with Crippen molar-refractivity contribution in [3.05, 3.63) is 46.5 Å². The number of benzene rings is 1. The molecule has 0 spiro atoms. The lowest BCUT2D eigenvalue weighted by Gasteiger charge is -2.25. The molecular formula is C21H30N4OS. The monoisotopic (exact) mass is 386 g/mol. The summed E-state index contributed by atoms with van der Waals surface area (Å²) in [7, 11) is 0. The number of hydrogen-bond donors (Lipinski definition) is 0. The predicted octanol–water partition coefficient (Wildman–Crippen LogP) is 4.51. The smallest absolute Gasteiger partial charge is 0.199 e. The van der Waals surface area contributed by atoms with Gasteiger partial charge in [0.15, 0.2) is 4.77 Å². The van der Waals surface area contributed by atoms with E-state index in [0.717, 1.165) is 43.1 Å². The standard InChI is InChI=1S/C21H30N4OS/c1-16(2)20-22-24(21(27)25(20)18-10-11-18)15-23(14-19-9-6-12-26-19)13-17-7-4-3-5-8-17/h3-5,7-8,16,18-19H,6,9-15H2,1-2H3/t19-/m1/s1. The highest BCUT2D eigenvalue weighted by Gasteiger charge is 2.30. The van der Waals surface area contributed by atoms with Gasteiger partial charge in [0.05, 0.1) is 12.8 Å².